The fourth-order valence-electron chi connectivity index (χ4n) is 3.26. The summed E-state index contributed by atoms with van der Waals surface area (Å²) in [4.78, 5) is 23.3. The molecular weight excluding hydrogens is 417 g/mol. The van der Waals surface area contributed by atoms with Crippen LogP contribution in [0.3, 0.4) is 0 Å². The van der Waals surface area contributed by atoms with E-state index in [1.54, 1.807) is 12.1 Å². The van der Waals surface area contributed by atoms with Crippen molar-refractivity contribution in [1.29, 1.82) is 0 Å². The molecule has 0 spiro atoms. The fraction of sp³-hybridized carbons (Fsp3) is 0.182. The minimum Gasteiger partial charge on any atom is -0.334 e. The maximum Gasteiger partial charge on any atom is 0.321 e. The Balaban J connectivity index is 1.54. The number of aromatic nitrogens is 3. The third kappa shape index (κ3) is 5.37. The van der Waals surface area contributed by atoms with Crippen molar-refractivity contribution in [2.45, 2.75) is 24.0 Å². The van der Waals surface area contributed by atoms with Crippen molar-refractivity contribution in [3.63, 3.8) is 0 Å². The van der Waals surface area contributed by atoms with Crippen LogP contribution < -0.4 is 10.6 Å². The van der Waals surface area contributed by atoms with Gasteiger partial charge in [0, 0.05) is 30.3 Å². The van der Waals surface area contributed by atoms with Crippen molar-refractivity contribution in [1.82, 2.24) is 25.4 Å². The van der Waals surface area contributed by atoms with Crippen molar-refractivity contribution >= 4 is 29.8 Å². The Morgan fingerprint density at radius 2 is 1.87 bits per heavy atom. The number of hydrogen-bond acceptors (Lipinski definition) is 5. The van der Waals surface area contributed by atoms with Gasteiger partial charge in [0.05, 0.1) is 0 Å². The number of imide groups is 1. The Morgan fingerprint density at radius 1 is 1.10 bits per heavy atom. The van der Waals surface area contributed by atoms with Gasteiger partial charge in [-0.15, -0.1) is 10.2 Å². The largest absolute Gasteiger partial charge is 0.334 e. The van der Waals surface area contributed by atoms with Crippen LogP contribution in [0.25, 0.3) is 11.8 Å². The quantitative estimate of drug-likeness (QED) is 0.554. The molecule has 0 bridgehead atoms. The standard InChI is InChI=1S/C22H20FN5O2S/c23-16-8-10-18(11-9-16)28-19(13-17-14-20(29)25-21(30)24-17)26-27-22(28)31-12-4-7-15-5-2-1-3-6-15/h1-11,17H,12-14H2,(H2,24,25,29,30)/b7-4+. The van der Waals surface area contributed by atoms with Gasteiger partial charge in [0.15, 0.2) is 5.16 Å². The molecule has 9 heteroatoms. The second-order valence-electron chi connectivity index (χ2n) is 6.96. The molecule has 1 fully saturated rings. The molecule has 3 amide bonds. The van der Waals surface area contributed by atoms with Gasteiger partial charge in [-0.25, -0.2) is 9.18 Å². The Morgan fingerprint density at radius 3 is 2.61 bits per heavy atom. The molecule has 0 aliphatic carbocycles. The van der Waals surface area contributed by atoms with E-state index >= 15 is 0 Å². The lowest BCUT2D eigenvalue weighted by atomic mass is 10.1. The van der Waals surface area contributed by atoms with Gasteiger partial charge in [0.1, 0.15) is 11.6 Å². The van der Waals surface area contributed by atoms with Gasteiger partial charge in [0.25, 0.3) is 0 Å². The van der Waals surface area contributed by atoms with Crippen LogP contribution in [0.2, 0.25) is 0 Å². The number of amides is 3. The summed E-state index contributed by atoms with van der Waals surface area (Å²) in [5.74, 6) is 0.578. The van der Waals surface area contributed by atoms with Crippen LogP contribution in [0.1, 0.15) is 17.8 Å². The average molecular weight is 438 g/mol. The maximum absolute atomic E-state index is 13.5. The Bertz CT molecular complexity index is 1080. The zero-order chi connectivity index (χ0) is 21.6. The first kappa shape index (κ1) is 20.8. The number of halogens is 1. The lowest BCUT2D eigenvalue weighted by molar-refractivity contribution is -0.121. The lowest BCUT2D eigenvalue weighted by Crippen LogP contribution is -2.53. The molecule has 3 aromatic rings. The van der Waals surface area contributed by atoms with Crippen molar-refractivity contribution in [3.8, 4) is 5.69 Å². The van der Waals surface area contributed by atoms with Crippen molar-refractivity contribution in [3.05, 3.63) is 77.9 Å². The van der Waals surface area contributed by atoms with Gasteiger partial charge in [-0.2, -0.15) is 0 Å². The summed E-state index contributed by atoms with van der Waals surface area (Å²) in [5.41, 5.74) is 1.82. The number of carbonyl (C=O) groups is 2. The fourth-order valence-corrected chi connectivity index (χ4v) is 4.04. The minimum atomic E-state index is -0.519. The van der Waals surface area contributed by atoms with Crippen molar-refractivity contribution < 1.29 is 14.0 Å². The Hall–Kier alpha value is -3.46. The number of urea groups is 1. The molecule has 4 rings (SSSR count). The molecule has 1 atom stereocenters. The summed E-state index contributed by atoms with van der Waals surface area (Å²) in [5, 5.41) is 14.2. The average Bonchev–Trinajstić information content (AvgIpc) is 3.14. The summed E-state index contributed by atoms with van der Waals surface area (Å²) in [7, 11) is 0. The summed E-state index contributed by atoms with van der Waals surface area (Å²) in [6.07, 6.45) is 4.55. The highest BCUT2D eigenvalue weighted by molar-refractivity contribution is 7.99. The van der Waals surface area contributed by atoms with E-state index < -0.39 is 6.03 Å². The molecule has 1 unspecified atom stereocenters. The normalized spacial score (nSPS) is 16.4. The molecule has 31 heavy (non-hydrogen) atoms. The van der Waals surface area contributed by atoms with Gasteiger partial charge >= 0.3 is 6.03 Å². The molecule has 0 radical (unpaired) electrons. The van der Waals surface area contributed by atoms with Gasteiger partial charge < -0.3 is 5.32 Å². The van der Waals surface area contributed by atoms with Gasteiger partial charge in [0.2, 0.25) is 5.91 Å². The molecule has 1 aromatic heterocycles. The van der Waals surface area contributed by atoms with E-state index in [0.717, 1.165) is 5.56 Å². The molecule has 7 nitrogen and oxygen atoms in total. The van der Waals surface area contributed by atoms with E-state index in [-0.39, 0.29) is 24.2 Å². The van der Waals surface area contributed by atoms with Crippen LogP contribution in [0.5, 0.6) is 0 Å². The number of thioether (sulfide) groups is 1. The highest BCUT2D eigenvalue weighted by atomic mass is 32.2. The van der Waals surface area contributed by atoms with E-state index in [2.05, 4.69) is 20.8 Å². The van der Waals surface area contributed by atoms with E-state index in [0.29, 0.717) is 28.8 Å². The summed E-state index contributed by atoms with van der Waals surface area (Å²) >= 11 is 1.49. The van der Waals surface area contributed by atoms with E-state index in [9.17, 15) is 14.0 Å². The number of hydrogen-bond donors (Lipinski definition) is 2. The summed E-state index contributed by atoms with van der Waals surface area (Å²) in [6.45, 7) is 0. The Labute approximate surface area is 182 Å². The van der Waals surface area contributed by atoms with Crippen LogP contribution in [0.15, 0.2) is 65.8 Å². The first-order valence-electron chi connectivity index (χ1n) is 9.73. The molecule has 0 saturated carbocycles. The SMILES string of the molecule is O=C1CC(Cc2nnc(SC/C=C/c3ccccc3)n2-c2ccc(F)cc2)NC(=O)N1. The number of carbonyl (C=O) groups excluding carboxylic acids is 2. The van der Waals surface area contributed by atoms with E-state index in [1.165, 1.54) is 23.9 Å². The second-order valence-corrected chi connectivity index (χ2v) is 7.95. The predicted molar refractivity (Wildman–Crippen MR) is 116 cm³/mol. The Kier molecular flexibility index (Phi) is 6.42. The van der Waals surface area contributed by atoms with Gasteiger partial charge in [-0.05, 0) is 29.8 Å². The third-order valence-electron chi connectivity index (χ3n) is 4.65. The first-order chi connectivity index (χ1) is 15.1. The van der Waals surface area contributed by atoms with Crippen molar-refractivity contribution in [2.75, 3.05) is 5.75 Å². The highest BCUT2D eigenvalue weighted by Gasteiger charge is 2.26. The third-order valence-corrected chi connectivity index (χ3v) is 5.53. The molecular formula is C22H20FN5O2S. The van der Waals surface area contributed by atoms with Crippen molar-refractivity contribution in [2.24, 2.45) is 0 Å². The van der Waals surface area contributed by atoms with Gasteiger partial charge in [-0.1, -0.05) is 54.2 Å². The zero-order valence-corrected chi connectivity index (χ0v) is 17.3. The molecule has 1 aliphatic heterocycles. The molecule has 2 heterocycles. The molecule has 2 aromatic carbocycles. The molecule has 1 aliphatic rings. The van der Waals surface area contributed by atoms with Crippen LogP contribution in [0.4, 0.5) is 9.18 Å². The molecule has 2 N–H and O–H groups in total. The van der Waals surface area contributed by atoms with Crippen LogP contribution in [-0.4, -0.2) is 38.5 Å². The number of nitrogens with zero attached hydrogens (tertiary/aromatic N) is 3. The van der Waals surface area contributed by atoms with Crippen LogP contribution in [0, 0.1) is 5.82 Å². The second kappa shape index (κ2) is 9.57. The summed E-state index contributed by atoms with van der Waals surface area (Å²) in [6, 6.07) is 15.1. The smallest absolute Gasteiger partial charge is 0.321 e. The molecule has 158 valence electrons. The monoisotopic (exact) mass is 437 g/mol. The number of benzene rings is 2. The number of rotatable bonds is 7. The molecule has 1 saturated heterocycles. The van der Waals surface area contributed by atoms with Crippen LogP contribution in [-0.2, 0) is 11.2 Å². The highest BCUT2D eigenvalue weighted by Crippen LogP contribution is 2.24. The predicted octanol–water partition coefficient (Wildman–Crippen LogP) is 3.35. The zero-order valence-electron chi connectivity index (χ0n) is 16.5. The minimum absolute atomic E-state index is 0.157. The summed E-state index contributed by atoms with van der Waals surface area (Å²) < 4.78 is 15.3. The number of nitrogens with one attached hydrogen (secondary N) is 2. The maximum atomic E-state index is 13.5. The topological polar surface area (TPSA) is 88.9 Å². The van der Waals surface area contributed by atoms with Crippen LogP contribution >= 0.6 is 11.8 Å². The first-order valence-corrected chi connectivity index (χ1v) is 10.7. The van der Waals surface area contributed by atoms with E-state index in [4.69, 9.17) is 0 Å². The lowest BCUT2D eigenvalue weighted by Gasteiger charge is -2.23. The van der Waals surface area contributed by atoms with E-state index in [1.807, 2.05) is 47.1 Å². The van der Waals surface area contributed by atoms with Gasteiger partial charge in [-0.3, -0.25) is 14.7 Å².